The van der Waals surface area contributed by atoms with E-state index < -0.39 is 18.1 Å². The summed E-state index contributed by atoms with van der Waals surface area (Å²) >= 11 is 0. The molecular weight excluding hydrogens is 672 g/mol. The molecule has 2 bridgehead atoms. The Bertz CT molecular complexity index is 2030. The number of aromatic nitrogens is 6. The molecule has 0 aliphatic heterocycles. The van der Waals surface area contributed by atoms with Gasteiger partial charge in [0.05, 0.1) is 48.5 Å². The van der Waals surface area contributed by atoms with E-state index in [-0.39, 0.29) is 42.4 Å². The van der Waals surface area contributed by atoms with Crippen molar-refractivity contribution in [3.63, 3.8) is 0 Å². The Kier molecular flexibility index (Phi) is 8.87. The lowest BCUT2D eigenvalue weighted by atomic mass is 9.61. The van der Waals surface area contributed by atoms with Crippen LogP contribution in [0.2, 0.25) is 0 Å². The predicted octanol–water partition coefficient (Wildman–Crippen LogP) is 2.37. The summed E-state index contributed by atoms with van der Waals surface area (Å²) in [5.41, 5.74) is 29.0. The van der Waals surface area contributed by atoms with E-state index in [2.05, 4.69) is 45.9 Å². The first-order chi connectivity index (χ1) is 25.7. The number of H-pyrrole nitrogens is 3. The van der Waals surface area contributed by atoms with Gasteiger partial charge in [-0.3, -0.25) is 14.4 Å². The molecule has 3 amide bonds. The van der Waals surface area contributed by atoms with Crippen LogP contribution in [0, 0.1) is 0 Å². The number of nitrogens with zero attached hydrogens (tertiary/aromatic N) is 3. The third kappa shape index (κ3) is 6.71. The Morgan fingerprint density at radius 1 is 0.585 bits per heavy atom. The van der Waals surface area contributed by atoms with Gasteiger partial charge < -0.3 is 48.1 Å². The number of hydrogen-bond acceptors (Lipinski definition) is 9. The van der Waals surface area contributed by atoms with Gasteiger partial charge in [-0.05, 0) is 69.8 Å². The minimum Gasteiger partial charge on any atom is -0.351 e. The molecule has 0 radical (unpaired) electrons. The van der Waals surface area contributed by atoms with Crippen molar-refractivity contribution < 1.29 is 14.4 Å². The maximum absolute atomic E-state index is 13.2. The van der Waals surface area contributed by atoms with Crippen molar-refractivity contribution in [2.24, 2.45) is 17.2 Å². The molecule has 3 aliphatic rings. The number of benzene rings is 3. The van der Waals surface area contributed by atoms with Crippen molar-refractivity contribution in [3.05, 3.63) is 143 Å². The summed E-state index contributed by atoms with van der Waals surface area (Å²) in [6.07, 6.45) is 10.6. The summed E-state index contributed by atoms with van der Waals surface area (Å²) in [6.45, 7) is 0. The molecule has 53 heavy (non-hydrogen) atoms. The van der Waals surface area contributed by atoms with Crippen molar-refractivity contribution in [2.75, 3.05) is 16.0 Å². The van der Waals surface area contributed by atoms with Crippen molar-refractivity contribution in [1.82, 2.24) is 29.9 Å². The van der Waals surface area contributed by atoms with Crippen LogP contribution >= 0.6 is 0 Å². The fourth-order valence-corrected chi connectivity index (χ4v) is 7.37. The van der Waals surface area contributed by atoms with Gasteiger partial charge >= 0.3 is 0 Å². The average molecular weight is 711 g/mol. The lowest BCUT2D eigenvalue weighted by Crippen LogP contribution is -2.38. The first-order valence-electron chi connectivity index (χ1n) is 17.2. The highest BCUT2D eigenvalue weighted by Crippen LogP contribution is 2.57. The normalized spacial score (nSPS) is 16.8. The zero-order valence-electron chi connectivity index (χ0n) is 28.5. The van der Waals surface area contributed by atoms with Crippen LogP contribution in [0.1, 0.15) is 62.3 Å². The molecule has 3 atom stereocenters. The molecule has 6 aromatic rings. The number of nitrogens with one attached hydrogen (secondary N) is 6. The van der Waals surface area contributed by atoms with E-state index in [1.165, 1.54) is 0 Å². The highest BCUT2D eigenvalue weighted by atomic mass is 16.2. The van der Waals surface area contributed by atoms with Gasteiger partial charge in [-0.15, -0.1) is 0 Å². The van der Waals surface area contributed by atoms with E-state index in [9.17, 15) is 14.4 Å². The molecule has 0 fully saturated rings. The van der Waals surface area contributed by atoms with Gasteiger partial charge in [0.2, 0.25) is 17.7 Å². The van der Waals surface area contributed by atoms with Crippen LogP contribution in [0.25, 0.3) is 0 Å². The van der Waals surface area contributed by atoms with Gasteiger partial charge in [-0.1, -0.05) is 18.2 Å². The number of hydrogen-bond donors (Lipinski definition) is 9. The van der Waals surface area contributed by atoms with Gasteiger partial charge in [0.15, 0.2) is 0 Å². The first kappa shape index (κ1) is 33.7. The Morgan fingerprint density at radius 2 is 1.00 bits per heavy atom. The highest BCUT2D eigenvalue weighted by Gasteiger charge is 2.42. The summed E-state index contributed by atoms with van der Waals surface area (Å²) in [5.74, 6) is -1.41. The minimum absolute atomic E-state index is 0.134. The van der Waals surface area contributed by atoms with E-state index in [4.69, 9.17) is 17.2 Å². The van der Waals surface area contributed by atoms with Gasteiger partial charge in [0.1, 0.15) is 0 Å². The fourth-order valence-electron chi connectivity index (χ4n) is 7.37. The second-order valence-electron chi connectivity index (χ2n) is 13.5. The standard InChI is InChI=1S/C38H38N12O3/c39-31(10-22-13-42-16-45-22)36(51)48-19-1-4-25-28(7-19)35-29-8-20(49-37(52)32(40)11-23-14-43-17-46-23)2-5-26(29)34(25)27-6-3-21(9-30(27)35)50-38(53)33(41)12-24-15-44-18-47-24/h1-9,13-18,31-35H,10-12,39-41H2,(H,42,45)(H,43,46)(H,44,47)(H,48,51)(H,49,52)(H,50,53)/t31-,32-,33-,34?,35?/m0/s1. The van der Waals surface area contributed by atoms with Gasteiger partial charge in [0, 0.05) is 72.4 Å². The number of imidazole rings is 3. The fraction of sp³-hybridized carbons (Fsp3) is 0.211. The summed E-state index contributed by atoms with van der Waals surface area (Å²) in [4.78, 5) is 60.7. The van der Waals surface area contributed by atoms with E-state index in [0.717, 1.165) is 39.1 Å². The van der Waals surface area contributed by atoms with Crippen LogP contribution in [-0.2, 0) is 33.6 Å². The number of anilines is 3. The quantitative estimate of drug-likeness (QED) is 0.0901. The number of carbonyl (C=O) groups is 3. The molecule has 15 heteroatoms. The lowest BCUT2D eigenvalue weighted by Gasteiger charge is -2.42. The van der Waals surface area contributed by atoms with Crippen LogP contribution in [0.5, 0.6) is 0 Å². The molecule has 0 saturated carbocycles. The second kappa shape index (κ2) is 14.0. The van der Waals surface area contributed by atoms with Crippen LogP contribution < -0.4 is 33.2 Å². The maximum Gasteiger partial charge on any atom is 0.241 e. The topological polar surface area (TPSA) is 251 Å². The molecule has 15 nitrogen and oxygen atoms in total. The SMILES string of the molecule is N[C@@H](Cc1c[nH]cn1)C(=O)Nc1ccc2c(c1)C1c3cc(NC(=O)[C@@H](N)Cc4c[nH]cn4)ccc3C2c2ccc(NC(=O)[C@@H](N)Cc3cnc[nH]3)cc21. The van der Waals surface area contributed by atoms with Gasteiger partial charge in [-0.25, -0.2) is 15.0 Å². The number of rotatable bonds is 12. The van der Waals surface area contributed by atoms with Crippen LogP contribution in [-0.4, -0.2) is 65.8 Å². The smallest absolute Gasteiger partial charge is 0.241 e. The maximum atomic E-state index is 13.2. The molecule has 0 unspecified atom stereocenters. The summed E-state index contributed by atoms with van der Waals surface area (Å²) in [7, 11) is 0. The average Bonchev–Trinajstić information content (AvgIpc) is 3.97. The zero-order valence-corrected chi connectivity index (χ0v) is 28.5. The number of carbonyl (C=O) groups excluding carboxylic acids is 3. The van der Waals surface area contributed by atoms with Crippen molar-refractivity contribution in [3.8, 4) is 0 Å². The van der Waals surface area contributed by atoms with Crippen molar-refractivity contribution >= 4 is 34.8 Å². The van der Waals surface area contributed by atoms with Crippen LogP contribution in [0.15, 0.2) is 92.2 Å². The predicted molar refractivity (Wildman–Crippen MR) is 198 cm³/mol. The molecule has 9 rings (SSSR count). The molecule has 0 spiro atoms. The molecule has 3 aromatic carbocycles. The number of aromatic amines is 3. The summed E-state index contributed by atoms with van der Waals surface area (Å²) in [6, 6.07) is 15.4. The Balaban J connectivity index is 1.11. The monoisotopic (exact) mass is 710 g/mol. The third-order valence-electron chi connectivity index (χ3n) is 9.90. The van der Waals surface area contributed by atoms with Gasteiger partial charge in [-0.2, -0.15) is 0 Å². The Hall–Kier alpha value is -6.42. The second-order valence-corrected chi connectivity index (χ2v) is 13.5. The van der Waals surface area contributed by atoms with Crippen molar-refractivity contribution in [1.29, 1.82) is 0 Å². The van der Waals surface area contributed by atoms with E-state index in [1.54, 1.807) is 37.6 Å². The largest absolute Gasteiger partial charge is 0.351 e. The molecule has 3 heterocycles. The molecule has 12 N–H and O–H groups in total. The first-order valence-corrected chi connectivity index (χ1v) is 17.2. The molecule has 0 saturated heterocycles. The molecule has 3 aliphatic carbocycles. The number of amides is 3. The Labute approximate surface area is 303 Å². The molecule has 268 valence electrons. The van der Waals surface area contributed by atoms with Crippen LogP contribution in [0.3, 0.4) is 0 Å². The highest BCUT2D eigenvalue weighted by molar-refractivity contribution is 5.97. The minimum atomic E-state index is -0.802. The van der Waals surface area contributed by atoms with Gasteiger partial charge in [0.25, 0.3) is 0 Å². The zero-order chi connectivity index (χ0) is 36.6. The van der Waals surface area contributed by atoms with Crippen LogP contribution in [0.4, 0.5) is 17.1 Å². The van der Waals surface area contributed by atoms with E-state index in [1.807, 2.05) is 54.6 Å². The van der Waals surface area contributed by atoms with E-state index in [0.29, 0.717) is 34.9 Å². The molecular formula is C38H38N12O3. The van der Waals surface area contributed by atoms with E-state index >= 15 is 0 Å². The third-order valence-corrected chi connectivity index (χ3v) is 9.90. The summed E-state index contributed by atoms with van der Waals surface area (Å²) in [5, 5.41) is 8.97. The van der Waals surface area contributed by atoms with Crippen molar-refractivity contribution in [2.45, 2.75) is 49.2 Å². The Morgan fingerprint density at radius 3 is 1.38 bits per heavy atom. The lowest BCUT2D eigenvalue weighted by molar-refractivity contribution is -0.118. The number of nitrogens with two attached hydrogens (primary N) is 3. The molecule has 3 aromatic heterocycles. The summed E-state index contributed by atoms with van der Waals surface area (Å²) < 4.78 is 0.